The van der Waals surface area contributed by atoms with Crippen molar-refractivity contribution in [3.8, 4) is 11.8 Å². The second-order valence-electron chi connectivity index (χ2n) is 6.36. The SMILES string of the molecule is N#Cc1ccc(OCC(O)CN2CCCCC2Cn2cncn2)cc1. The molecule has 1 N–H and O–H groups in total. The van der Waals surface area contributed by atoms with Crippen LogP contribution in [0.2, 0.25) is 0 Å². The van der Waals surface area contributed by atoms with Crippen molar-refractivity contribution >= 4 is 0 Å². The molecule has 0 bridgehead atoms. The van der Waals surface area contributed by atoms with Gasteiger partial charge in [-0.2, -0.15) is 10.4 Å². The van der Waals surface area contributed by atoms with E-state index < -0.39 is 6.10 Å². The molecule has 0 radical (unpaired) electrons. The topological polar surface area (TPSA) is 87.2 Å². The summed E-state index contributed by atoms with van der Waals surface area (Å²) in [5, 5.41) is 23.3. The second-order valence-corrected chi connectivity index (χ2v) is 6.36. The number of ether oxygens (including phenoxy) is 1. The maximum Gasteiger partial charge on any atom is 0.137 e. The van der Waals surface area contributed by atoms with Gasteiger partial charge in [0.05, 0.1) is 18.2 Å². The summed E-state index contributed by atoms with van der Waals surface area (Å²) in [4.78, 5) is 6.31. The van der Waals surface area contributed by atoms with Crippen LogP contribution >= 0.6 is 0 Å². The first-order valence-corrected chi connectivity index (χ1v) is 8.62. The lowest BCUT2D eigenvalue weighted by molar-refractivity contribution is 0.0345. The van der Waals surface area contributed by atoms with Crippen LogP contribution in [0.1, 0.15) is 24.8 Å². The highest BCUT2D eigenvalue weighted by molar-refractivity contribution is 5.34. The summed E-state index contributed by atoms with van der Waals surface area (Å²) in [5.41, 5.74) is 0.595. The molecule has 1 aliphatic rings. The molecule has 1 saturated heterocycles. The summed E-state index contributed by atoms with van der Waals surface area (Å²) < 4.78 is 7.49. The van der Waals surface area contributed by atoms with Crippen molar-refractivity contribution in [1.82, 2.24) is 19.7 Å². The van der Waals surface area contributed by atoms with Crippen molar-refractivity contribution in [3.05, 3.63) is 42.5 Å². The number of hydrogen-bond donors (Lipinski definition) is 1. The molecule has 0 aliphatic carbocycles. The molecule has 2 unspecified atom stereocenters. The number of likely N-dealkylation sites (tertiary alicyclic amines) is 1. The molecule has 2 aromatic rings. The minimum Gasteiger partial charge on any atom is -0.491 e. The van der Waals surface area contributed by atoms with Crippen LogP contribution in [-0.4, -0.2) is 56.6 Å². The van der Waals surface area contributed by atoms with Gasteiger partial charge in [0.25, 0.3) is 0 Å². The van der Waals surface area contributed by atoms with Crippen molar-refractivity contribution in [2.24, 2.45) is 0 Å². The lowest BCUT2D eigenvalue weighted by Crippen LogP contribution is -2.46. The van der Waals surface area contributed by atoms with Crippen LogP contribution in [-0.2, 0) is 6.54 Å². The summed E-state index contributed by atoms with van der Waals surface area (Å²) in [7, 11) is 0. The highest BCUT2D eigenvalue weighted by atomic mass is 16.5. The lowest BCUT2D eigenvalue weighted by atomic mass is 10.0. The van der Waals surface area contributed by atoms with Gasteiger partial charge in [-0.15, -0.1) is 0 Å². The summed E-state index contributed by atoms with van der Waals surface area (Å²) in [5.74, 6) is 0.663. The Balaban J connectivity index is 1.49. The van der Waals surface area contributed by atoms with E-state index in [4.69, 9.17) is 10.00 Å². The number of nitrogens with zero attached hydrogens (tertiary/aromatic N) is 5. The number of rotatable bonds is 7. The van der Waals surface area contributed by atoms with Crippen molar-refractivity contribution < 1.29 is 9.84 Å². The molecule has 7 nitrogen and oxygen atoms in total. The van der Waals surface area contributed by atoms with Gasteiger partial charge in [-0.1, -0.05) is 6.42 Å². The Morgan fingerprint density at radius 2 is 2.16 bits per heavy atom. The van der Waals surface area contributed by atoms with E-state index in [1.54, 1.807) is 36.9 Å². The van der Waals surface area contributed by atoms with Gasteiger partial charge in [0, 0.05) is 12.6 Å². The third-order valence-electron chi connectivity index (χ3n) is 4.48. The number of aliphatic hydroxyl groups excluding tert-OH is 1. The fraction of sp³-hybridized carbons (Fsp3) is 0.500. The quantitative estimate of drug-likeness (QED) is 0.820. The van der Waals surface area contributed by atoms with Crippen molar-refractivity contribution in [2.75, 3.05) is 19.7 Å². The molecular weight excluding hydrogens is 318 g/mol. The number of piperidine rings is 1. The fourth-order valence-corrected chi connectivity index (χ4v) is 3.19. The smallest absolute Gasteiger partial charge is 0.137 e. The average molecular weight is 341 g/mol. The van der Waals surface area contributed by atoms with Gasteiger partial charge < -0.3 is 9.84 Å². The summed E-state index contributed by atoms with van der Waals surface area (Å²) in [6, 6.07) is 9.35. The fourth-order valence-electron chi connectivity index (χ4n) is 3.19. The number of aromatic nitrogens is 3. The van der Waals surface area contributed by atoms with E-state index in [2.05, 4.69) is 21.1 Å². The molecule has 1 aromatic carbocycles. The zero-order valence-electron chi connectivity index (χ0n) is 14.2. The first-order chi connectivity index (χ1) is 12.2. The zero-order valence-corrected chi connectivity index (χ0v) is 14.2. The minimum atomic E-state index is -0.563. The van der Waals surface area contributed by atoms with E-state index in [0.717, 1.165) is 25.9 Å². The molecule has 132 valence electrons. The standard InChI is InChI=1S/C18H23N5O2/c19-9-15-4-6-18(7-5-15)25-12-17(24)11-22-8-2-1-3-16(22)10-23-14-20-13-21-23/h4-7,13-14,16-17,24H,1-3,8,10-12H2. The Morgan fingerprint density at radius 1 is 1.32 bits per heavy atom. The largest absolute Gasteiger partial charge is 0.491 e. The van der Waals surface area contributed by atoms with Gasteiger partial charge >= 0.3 is 0 Å². The average Bonchev–Trinajstić information content (AvgIpc) is 3.15. The Bertz CT molecular complexity index is 680. The molecule has 1 aromatic heterocycles. The van der Waals surface area contributed by atoms with E-state index in [1.165, 1.54) is 6.42 Å². The Morgan fingerprint density at radius 3 is 2.88 bits per heavy atom. The first kappa shape index (κ1) is 17.4. The van der Waals surface area contributed by atoms with E-state index in [0.29, 0.717) is 23.9 Å². The van der Waals surface area contributed by atoms with E-state index in [-0.39, 0.29) is 6.61 Å². The number of aliphatic hydroxyl groups is 1. The lowest BCUT2D eigenvalue weighted by Gasteiger charge is -2.36. The normalized spacial score (nSPS) is 19.3. The Hall–Kier alpha value is -2.43. The maximum absolute atomic E-state index is 10.4. The Labute approximate surface area is 147 Å². The zero-order chi connectivity index (χ0) is 17.5. The highest BCUT2D eigenvalue weighted by Crippen LogP contribution is 2.19. The van der Waals surface area contributed by atoms with Crippen LogP contribution in [0.3, 0.4) is 0 Å². The number of hydrogen-bond acceptors (Lipinski definition) is 6. The predicted molar refractivity (Wildman–Crippen MR) is 91.9 cm³/mol. The van der Waals surface area contributed by atoms with Crippen LogP contribution in [0.5, 0.6) is 5.75 Å². The van der Waals surface area contributed by atoms with Gasteiger partial charge in [-0.25, -0.2) is 4.98 Å². The number of β-amino-alcohol motifs (C(OH)–C–C–N with tert-alkyl or cyclic N) is 1. The second kappa shape index (κ2) is 8.60. The van der Waals surface area contributed by atoms with Crippen molar-refractivity contribution in [3.63, 3.8) is 0 Å². The maximum atomic E-state index is 10.4. The van der Waals surface area contributed by atoms with Crippen molar-refractivity contribution in [2.45, 2.75) is 38.0 Å². The Kier molecular flexibility index (Phi) is 5.99. The third-order valence-corrected chi connectivity index (χ3v) is 4.48. The molecule has 0 amide bonds. The molecule has 25 heavy (non-hydrogen) atoms. The van der Waals surface area contributed by atoms with E-state index >= 15 is 0 Å². The summed E-state index contributed by atoms with van der Waals surface area (Å²) >= 11 is 0. The van der Waals surface area contributed by atoms with Gasteiger partial charge in [0.15, 0.2) is 0 Å². The molecule has 7 heteroatoms. The van der Waals surface area contributed by atoms with Crippen molar-refractivity contribution in [1.29, 1.82) is 5.26 Å². The molecule has 0 saturated carbocycles. The molecule has 1 aliphatic heterocycles. The van der Waals surface area contributed by atoms with Gasteiger partial charge in [-0.3, -0.25) is 9.58 Å². The van der Waals surface area contributed by atoms with Crippen LogP contribution in [0.25, 0.3) is 0 Å². The van der Waals surface area contributed by atoms with E-state index in [9.17, 15) is 5.11 Å². The highest BCUT2D eigenvalue weighted by Gasteiger charge is 2.25. The molecular formula is C18H23N5O2. The minimum absolute atomic E-state index is 0.235. The van der Waals surface area contributed by atoms with Gasteiger partial charge in [-0.05, 0) is 43.7 Å². The third kappa shape index (κ3) is 5.02. The summed E-state index contributed by atoms with van der Waals surface area (Å²) in [6.45, 7) is 2.59. The monoisotopic (exact) mass is 341 g/mol. The molecule has 3 rings (SSSR count). The van der Waals surface area contributed by atoms with E-state index in [1.807, 2.05) is 4.68 Å². The first-order valence-electron chi connectivity index (χ1n) is 8.62. The van der Waals surface area contributed by atoms with Gasteiger partial charge in [0.2, 0.25) is 0 Å². The molecule has 1 fully saturated rings. The van der Waals surface area contributed by atoms with Crippen LogP contribution in [0.4, 0.5) is 0 Å². The van der Waals surface area contributed by atoms with Gasteiger partial charge in [0.1, 0.15) is 31.1 Å². The predicted octanol–water partition coefficient (Wildman–Crippen LogP) is 1.44. The molecule has 2 atom stereocenters. The molecule has 0 spiro atoms. The number of benzene rings is 1. The van der Waals surface area contributed by atoms with Crippen LogP contribution in [0.15, 0.2) is 36.9 Å². The number of nitriles is 1. The molecule has 2 heterocycles. The van der Waals surface area contributed by atoms with Crippen LogP contribution in [0, 0.1) is 11.3 Å². The van der Waals surface area contributed by atoms with Crippen LogP contribution < -0.4 is 4.74 Å². The summed E-state index contributed by atoms with van der Waals surface area (Å²) in [6.07, 6.45) is 6.17.